The van der Waals surface area contributed by atoms with Gasteiger partial charge in [-0.3, -0.25) is 14.4 Å². The van der Waals surface area contributed by atoms with Gasteiger partial charge < -0.3 is 25.5 Å². The van der Waals surface area contributed by atoms with Crippen molar-refractivity contribution in [3.8, 4) is 5.75 Å². The van der Waals surface area contributed by atoms with Crippen LogP contribution in [0.3, 0.4) is 0 Å². The molecule has 0 aromatic heterocycles. The van der Waals surface area contributed by atoms with Crippen LogP contribution in [-0.4, -0.2) is 59.4 Å². The Labute approximate surface area is 217 Å². The Morgan fingerprint density at radius 1 is 1.14 bits per heavy atom. The molecule has 3 rings (SSSR count). The number of amides is 3. The van der Waals surface area contributed by atoms with Gasteiger partial charge in [0.2, 0.25) is 17.7 Å². The zero-order valence-corrected chi connectivity index (χ0v) is 21.6. The van der Waals surface area contributed by atoms with E-state index in [9.17, 15) is 19.6 Å². The van der Waals surface area contributed by atoms with E-state index in [4.69, 9.17) is 4.74 Å². The van der Waals surface area contributed by atoms with Crippen LogP contribution in [0, 0.1) is 12.8 Å². The van der Waals surface area contributed by atoms with E-state index in [1.54, 1.807) is 43.5 Å². The van der Waals surface area contributed by atoms with Crippen LogP contribution in [0.5, 0.6) is 5.75 Å². The highest BCUT2D eigenvalue weighted by atomic mass is 16.5. The van der Waals surface area contributed by atoms with E-state index in [1.807, 2.05) is 26.0 Å². The number of amidine groups is 1. The van der Waals surface area contributed by atoms with Crippen molar-refractivity contribution in [2.75, 3.05) is 13.7 Å². The van der Waals surface area contributed by atoms with Gasteiger partial charge in [-0.25, -0.2) is 0 Å². The summed E-state index contributed by atoms with van der Waals surface area (Å²) in [6.45, 7) is 8.18. The molecule has 2 atom stereocenters. The number of carbonyl (C=O) groups is 3. The molecular formula is C28H35N4O5. The van der Waals surface area contributed by atoms with Crippen molar-refractivity contribution in [1.29, 1.82) is 0 Å². The molecular weight excluding hydrogens is 472 g/mol. The molecule has 0 saturated carbocycles. The summed E-state index contributed by atoms with van der Waals surface area (Å²) in [6, 6.07) is 12.5. The molecule has 1 heterocycles. The number of benzene rings is 2. The van der Waals surface area contributed by atoms with Crippen molar-refractivity contribution < 1.29 is 24.3 Å². The lowest BCUT2D eigenvalue weighted by Crippen LogP contribution is -2.54. The van der Waals surface area contributed by atoms with E-state index in [0.717, 1.165) is 11.1 Å². The third-order valence-corrected chi connectivity index (χ3v) is 6.27. The monoisotopic (exact) mass is 507 g/mol. The Balaban J connectivity index is 1.69. The number of nitrogens with one attached hydrogen (secondary N) is 2. The Bertz CT molecular complexity index is 1110. The standard InChI is InChI=1S/C28H35N4O5/c1-18(2)16-23(29-25(33)17-20-9-13-22(37-4)14-10-20)28(35)32-15-5-6-24(32)27(34)30-26(31-36)21-11-7-19(3)8-12-21/h7-14,18,23-24,36H,3,5-6,15-17H2,1-2,4H3,(H,29,33)(H,30,31,34)/t23-,24+/m1/s1. The minimum absolute atomic E-state index is 0.00387. The summed E-state index contributed by atoms with van der Waals surface area (Å²) < 4.78 is 5.15. The van der Waals surface area contributed by atoms with Gasteiger partial charge in [-0.1, -0.05) is 55.4 Å². The van der Waals surface area contributed by atoms with Gasteiger partial charge in [-0.15, -0.1) is 0 Å². The molecule has 1 saturated heterocycles. The predicted molar refractivity (Wildman–Crippen MR) is 140 cm³/mol. The molecule has 37 heavy (non-hydrogen) atoms. The quantitative estimate of drug-likeness (QED) is 0.209. The molecule has 9 nitrogen and oxygen atoms in total. The van der Waals surface area contributed by atoms with Crippen LogP contribution in [0.2, 0.25) is 0 Å². The number of carbonyl (C=O) groups excluding carboxylic acids is 3. The Morgan fingerprint density at radius 2 is 1.81 bits per heavy atom. The summed E-state index contributed by atoms with van der Waals surface area (Å²) in [5, 5.41) is 18.2. The fraction of sp³-hybridized carbons (Fsp3) is 0.393. The van der Waals surface area contributed by atoms with Crippen molar-refractivity contribution in [2.45, 2.75) is 51.6 Å². The third-order valence-electron chi connectivity index (χ3n) is 6.27. The molecule has 1 aliphatic rings. The average molecular weight is 508 g/mol. The summed E-state index contributed by atoms with van der Waals surface area (Å²) in [5.74, 6) is -0.161. The molecule has 2 aromatic rings. The van der Waals surface area contributed by atoms with Crippen molar-refractivity contribution >= 4 is 23.6 Å². The number of oxime groups is 1. The van der Waals surface area contributed by atoms with E-state index < -0.39 is 18.0 Å². The highest BCUT2D eigenvalue weighted by molar-refractivity contribution is 6.09. The van der Waals surface area contributed by atoms with Crippen LogP contribution < -0.4 is 15.4 Å². The van der Waals surface area contributed by atoms with Gasteiger partial charge in [0, 0.05) is 12.1 Å². The van der Waals surface area contributed by atoms with E-state index >= 15 is 0 Å². The second kappa shape index (κ2) is 12.9. The first kappa shape index (κ1) is 27.7. The van der Waals surface area contributed by atoms with Crippen LogP contribution >= 0.6 is 0 Å². The fourth-order valence-corrected chi connectivity index (χ4v) is 4.39. The number of ether oxygens (including phenoxy) is 1. The second-order valence-electron chi connectivity index (χ2n) is 9.60. The first-order chi connectivity index (χ1) is 17.7. The topological polar surface area (TPSA) is 120 Å². The van der Waals surface area contributed by atoms with Gasteiger partial charge in [0.05, 0.1) is 13.5 Å². The van der Waals surface area contributed by atoms with Gasteiger partial charge in [0.15, 0.2) is 5.84 Å². The van der Waals surface area contributed by atoms with Crippen molar-refractivity contribution in [1.82, 2.24) is 15.5 Å². The average Bonchev–Trinajstić information content (AvgIpc) is 3.37. The summed E-state index contributed by atoms with van der Waals surface area (Å²) in [7, 11) is 1.58. The lowest BCUT2D eigenvalue weighted by Gasteiger charge is -2.29. The SMILES string of the molecule is [CH2]c1ccc(C(=NO)NC(=O)[C@@H]2CCCN2C(=O)[C@@H](CC(C)C)NC(=O)Cc2ccc(OC)cc2)cc1. The van der Waals surface area contributed by atoms with E-state index in [0.29, 0.717) is 37.1 Å². The van der Waals surface area contributed by atoms with Crippen LogP contribution in [0.4, 0.5) is 0 Å². The molecule has 0 spiro atoms. The van der Waals surface area contributed by atoms with Gasteiger partial charge in [0.1, 0.15) is 17.8 Å². The maximum atomic E-state index is 13.6. The van der Waals surface area contributed by atoms with Gasteiger partial charge >= 0.3 is 0 Å². The predicted octanol–water partition coefficient (Wildman–Crippen LogP) is 2.89. The summed E-state index contributed by atoms with van der Waals surface area (Å²) in [6.07, 6.45) is 1.69. The molecule has 0 bridgehead atoms. The zero-order valence-electron chi connectivity index (χ0n) is 21.6. The smallest absolute Gasteiger partial charge is 0.248 e. The Morgan fingerprint density at radius 3 is 2.41 bits per heavy atom. The van der Waals surface area contributed by atoms with Gasteiger partial charge in [-0.2, -0.15) is 0 Å². The second-order valence-corrected chi connectivity index (χ2v) is 9.60. The molecule has 0 unspecified atom stereocenters. The van der Waals surface area contributed by atoms with Crippen molar-refractivity contribution in [3.05, 3.63) is 72.1 Å². The van der Waals surface area contributed by atoms with Crippen molar-refractivity contribution in [2.24, 2.45) is 11.1 Å². The number of rotatable bonds is 9. The van der Waals surface area contributed by atoms with Crippen LogP contribution in [-0.2, 0) is 20.8 Å². The largest absolute Gasteiger partial charge is 0.497 e. The fourth-order valence-electron chi connectivity index (χ4n) is 4.39. The van der Waals surface area contributed by atoms with E-state index in [2.05, 4.69) is 22.7 Å². The molecule has 197 valence electrons. The number of hydrogen-bond donors (Lipinski definition) is 3. The molecule has 2 aromatic carbocycles. The molecule has 9 heteroatoms. The third kappa shape index (κ3) is 7.55. The molecule has 1 fully saturated rings. The van der Waals surface area contributed by atoms with E-state index in [-0.39, 0.29) is 30.0 Å². The molecule has 0 aliphatic carbocycles. The Hall–Kier alpha value is -3.88. The van der Waals surface area contributed by atoms with Crippen molar-refractivity contribution in [3.63, 3.8) is 0 Å². The molecule has 1 aliphatic heterocycles. The minimum Gasteiger partial charge on any atom is -0.497 e. The molecule has 1 radical (unpaired) electrons. The van der Waals surface area contributed by atoms with Crippen LogP contribution in [0.1, 0.15) is 49.8 Å². The highest BCUT2D eigenvalue weighted by Gasteiger charge is 2.38. The van der Waals surface area contributed by atoms with Crippen LogP contribution in [0.25, 0.3) is 0 Å². The maximum absolute atomic E-state index is 13.6. The number of methoxy groups -OCH3 is 1. The lowest BCUT2D eigenvalue weighted by molar-refractivity contribution is -0.141. The summed E-state index contributed by atoms with van der Waals surface area (Å²) in [5.41, 5.74) is 2.10. The Kier molecular flexibility index (Phi) is 9.65. The number of nitrogens with zero attached hydrogens (tertiary/aromatic N) is 2. The van der Waals surface area contributed by atoms with Crippen LogP contribution in [0.15, 0.2) is 53.7 Å². The highest BCUT2D eigenvalue weighted by Crippen LogP contribution is 2.21. The number of hydrogen-bond acceptors (Lipinski definition) is 6. The van der Waals surface area contributed by atoms with E-state index in [1.165, 1.54) is 4.90 Å². The summed E-state index contributed by atoms with van der Waals surface area (Å²) >= 11 is 0. The minimum atomic E-state index is -0.755. The normalized spacial score (nSPS) is 16.4. The lowest BCUT2D eigenvalue weighted by atomic mass is 10.0. The van der Waals surface area contributed by atoms with Gasteiger partial charge in [0.25, 0.3) is 0 Å². The first-order valence-electron chi connectivity index (χ1n) is 12.4. The number of likely N-dealkylation sites (tertiary alicyclic amines) is 1. The molecule has 3 N–H and O–H groups in total. The maximum Gasteiger partial charge on any atom is 0.248 e. The van der Waals surface area contributed by atoms with Gasteiger partial charge in [-0.05, 0) is 55.4 Å². The first-order valence-corrected chi connectivity index (χ1v) is 12.4. The summed E-state index contributed by atoms with van der Waals surface area (Å²) in [4.78, 5) is 41.0. The molecule has 3 amide bonds. The zero-order chi connectivity index (χ0) is 26.9.